The summed E-state index contributed by atoms with van der Waals surface area (Å²) in [6, 6.07) is 6.83. The van der Waals surface area contributed by atoms with Crippen LogP contribution in [0.2, 0.25) is 0 Å². The van der Waals surface area contributed by atoms with Gasteiger partial charge in [0.1, 0.15) is 0 Å². The zero-order valence-corrected chi connectivity index (χ0v) is 9.47. The molecule has 0 radical (unpaired) electrons. The van der Waals surface area contributed by atoms with Crippen LogP contribution in [0.15, 0.2) is 29.3 Å². The molecule has 1 aromatic carbocycles. The van der Waals surface area contributed by atoms with Gasteiger partial charge >= 0.3 is 5.97 Å². The lowest BCUT2D eigenvalue weighted by Gasteiger charge is -2.01. The molecule has 0 atom stereocenters. The highest BCUT2D eigenvalue weighted by Crippen LogP contribution is 2.13. The summed E-state index contributed by atoms with van der Waals surface area (Å²) in [5.41, 5.74) is 1.26. The first-order valence-electron chi connectivity index (χ1n) is 5.19. The number of carbonyl (C=O) groups excluding carboxylic acids is 1. The summed E-state index contributed by atoms with van der Waals surface area (Å²) >= 11 is 0. The van der Waals surface area contributed by atoms with E-state index in [0.29, 0.717) is 18.8 Å². The normalized spacial score (nSPS) is 10.4. The largest absolute Gasteiger partial charge is 0.483 e. The third-order valence-electron chi connectivity index (χ3n) is 1.82. The molecule has 4 heteroatoms. The van der Waals surface area contributed by atoms with Crippen LogP contribution < -0.4 is 0 Å². The Morgan fingerprint density at radius 2 is 1.94 bits per heavy atom. The van der Waals surface area contributed by atoms with E-state index in [9.17, 15) is 4.79 Å². The molecule has 0 bridgehead atoms. The highest BCUT2D eigenvalue weighted by molar-refractivity contribution is 5.89. The second kappa shape index (κ2) is 6.61. The van der Waals surface area contributed by atoms with E-state index in [1.165, 1.54) is 6.40 Å². The third-order valence-corrected chi connectivity index (χ3v) is 1.82. The van der Waals surface area contributed by atoms with E-state index in [-0.39, 0.29) is 5.97 Å². The Morgan fingerprint density at radius 3 is 2.50 bits per heavy atom. The van der Waals surface area contributed by atoms with Crippen molar-refractivity contribution in [3.8, 4) is 0 Å². The molecule has 1 aromatic rings. The van der Waals surface area contributed by atoms with Crippen molar-refractivity contribution in [3.63, 3.8) is 0 Å². The van der Waals surface area contributed by atoms with Gasteiger partial charge in [0.2, 0.25) is 0 Å². The number of hydrogen-bond donors (Lipinski definition) is 0. The maximum atomic E-state index is 11.3. The van der Waals surface area contributed by atoms with Crippen molar-refractivity contribution in [1.82, 2.24) is 0 Å². The molecule has 0 saturated carbocycles. The third kappa shape index (κ3) is 3.73. The van der Waals surface area contributed by atoms with Crippen molar-refractivity contribution >= 4 is 18.1 Å². The monoisotopic (exact) mass is 221 g/mol. The van der Waals surface area contributed by atoms with E-state index in [2.05, 4.69) is 4.99 Å². The van der Waals surface area contributed by atoms with E-state index in [1.807, 2.05) is 6.92 Å². The SMILES string of the molecule is CCOC=Nc1ccc(C(=O)OCC)cc1. The smallest absolute Gasteiger partial charge is 0.338 e. The van der Waals surface area contributed by atoms with Crippen LogP contribution in [-0.2, 0) is 9.47 Å². The summed E-state index contributed by atoms with van der Waals surface area (Å²) < 4.78 is 9.83. The zero-order valence-electron chi connectivity index (χ0n) is 9.47. The first kappa shape index (κ1) is 12.2. The molecule has 0 N–H and O–H groups in total. The fourth-order valence-corrected chi connectivity index (χ4v) is 1.07. The van der Waals surface area contributed by atoms with Gasteiger partial charge in [-0.25, -0.2) is 9.79 Å². The zero-order chi connectivity index (χ0) is 11.8. The quantitative estimate of drug-likeness (QED) is 0.436. The number of carbonyl (C=O) groups is 1. The van der Waals surface area contributed by atoms with Crippen LogP contribution in [0.5, 0.6) is 0 Å². The molecule has 0 amide bonds. The molecule has 0 saturated heterocycles. The molecular formula is C12H15NO3. The molecule has 0 aliphatic carbocycles. The molecule has 0 spiro atoms. The fourth-order valence-electron chi connectivity index (χ4n) is 1.07. The minimum Gasteiger partial charge on any atom is -0.483 e. The van der Waals surface area contributed by atoms with Gasteiger partial charge in [0.15, 0.2) is 6.40 Å². The van der Waals surface area contributed by atoms with Gasteiger partial charge in [-0.15, -0.1) is 0 Å². The minimum atomic E-state index is -0.317. The standard InChI is InChI=1S/C12H15NO3/c1-3-15-9-13-11-7-5-10(6-8-11)12(14)16-4-2/h5-9H,3-4H2,1-2H3. The topological polar surface area (TPSA) is 47.9 Å². The summed E-state index contributed by atoms with van der Waals surface area (Å²) in [5.74, 6) is -0.317. The van der Waals surface area contributed by atoms with E-state index in [4.69, 9.17) is 9.47 Å². The second-order valence-corrected chi connectivity index (χ2v) is 2.96. The number of rotatable bonds is 5. The first-order chi connectivity index (χ1) is 7.77. The van der Waals surface area contributed by atoms with Gasteiger partial charge < -0.3 is 9.47 Å². The van der Waals surface area contributed by atoms with Crippen LogP contribution in [0.1, 0.15) is 24.2 Å². The molecule has 1 rings (SSSR count). The predicted molar refractivity (Wildman–Crippen MR) is 62.2 cm³/mol. The number of esters is 1. The van der Waals surface area contributed by atoms with Crippen molar-refractivity contribution in [3.05, 3.63) is 29.8 Å². The van der Waals surface area contributed by atoms with Crippen molar-refractivity contribution in [1.29, 1.82) is 0 Å². The average molecular weight is 221 g/mol. The lowest BCUT2D eigenvalue weighted by atomic mass is 10.2. The Kier molecular flexibility index (Phi) is 5.05. The lowest BCUT2D eigenvalue weighted by Crippen LogP contribution is -2.03. The summed E-state index contributed by atoms with van der Waals surface area (Å²) in [5, 5.41) is 0. The molecule has 0 aliphatic heterocycles. The molecular weight excluding hydrogens is 206 g/mol. The van der Waals surface area contributed by atoms with Crippen molar-refractivity contribution in [2.45, 2.75) is 13.8 Å². The van der Waals surface area contributed by atoms with Gasteiger partial charge in [-0.05, 0) is 38.1 Å². The van der Waals surface area contributed by atoms with Gasteiger partial charge in [-0.3, -0.25) is 0 Å². The average Bonchev–Trinajstić information content (AvgIpc) is 2.30. The molecule has 86 valence electrons. The summed E-state index contributed by atoms with van der Waals surface area (Å²) in [4.78, 5) is 15.4. The lowest BCUT2D eigenvalue weighted by molar-refractivity contribution is 0.0526. The number of benzene rings is 1. The Balaban J connectivity index is 2.64. The summed E-state index contributed by atoms with van der Waals surface area (Å²) in [7, 11) is 0. The van der Waals surface area contributed by atoms with E-state index < -0.39 is 0 Å². The Labute approximate surface area is 94.9 Å². The van der Waals surface area contributed by atoms with Crippen LogP contribution in [0, 0.1) is 0 Å². The molecule has 0 fully saturated rings. The Bertz CT molecular complexity index is 357. The predicted octanol–water partition coefficient (Wildman–Crippen LogP) is 2.56. The van der Waals surface area contributed by atoms with Gasteiger partial charge in [-0.2, -0.15) is 0 Å². The summed E-state index contributed by atoms with van der Waals surface area (Å²) in [6.45, 7) is 4.63. The van der Waals surface area contributed by atoms with Crippen LogP contribution in [0.4, 0.5) is 5.69 Å². The Morgan fingerprint density at radius 1 is 1.25 bits per heavy atom. The number of ether oxygens (including phenoxy) is 2. The van der Waals surface area contributed by atoms with Crippen molar-refractivity contribution in [2.24, 2.45) is 4.99 Å². The van der Waals surface area contributed by atoms with Gasteiger partial charge in [-0.1, -0.05) is 0 Å². The van der Waals surface area contributed by atoms with Crippen molar-refractivity contribution < 1.29 is 14.3 Å². The molecule has 16 heavy (non-hydrogen) atoms. The molecule has 0 heterocycles. The molecule has 0 unspecified atom stereocenters. The van der Waals surface area contributed by atoms with Crippen LogP contribution in [0.3, 0.4) is 0 Å². The highest BCUT2D eigenvalue weighted by atomic mass is 16.5. The van der Waals surface area contributed by atoms with Gasteiger partial charge in [0.25, 0.3) is 0 Å². The van der Waals surface area contributed by atoms with Crippen molar-refractivity contribution in [2.75, 3.05) is 13.2 Å². The maximum absolute atomic E-state index is 11.3. The molecule has 0 aliphatic rings. The van der Waals surface area contributed by atoms with Crippen LogP contribution in [-0.4, -0.2) is 25.6 Å². The van der Waals surface area contributed by atoms with E-state index in [0.717, 1.165) is 5.69 Å². The number of nitrogens with zero attached hydrogens (tertiary/aromatic N) is 1. The maximum Gasteiger partial charge on any atom is 0.338 e. The van der Waals surface area contributed by atoms with Crippen LogP contribution >= 0.6 is 0 Å². The number of aliphatic imine (C=N–C) groups is 1. The van der Waals surface area contributed by atoms with Gasteiger partial charge in [0.05, 0.1) is 24.5 Å². The molecule has 4 nitrogen and oxygen atoms in total. The Hall–Kier alpha value is -1.84. The summed E-state index contributed by atoms with van der Waals surface area (Å²) in [6.07, 6.45) is 1.39. The van der Waals surface area contributed by atoms with E-state index >= 15 is 0 Å². The minimum absolute atomic E-state index is 0.317. The molecule has 0 aromatic heterocycles. The van der Waals surface area contributed by atoms with Gasteiger partial charge in [0, 0.05) is 0 Å². The first-order valence-corrected chi connectivity index (χ1v) is 5.19. The second-order valence-electron chi connectivity index (χ2n) is 2.96. The fraction of sp³-hybridized carbons (Fsp3) is 0.333. The highest BCUT2D eigenvalue weighted by Gasteiger charge is 2.04. The van der Waals surface area contributed by atoms with E-state index in [1.54, 1.807) is 31.2 Å². The van der Waals surface area contributed by atoms with Crippen LogP contribution in [0.25, 0.3) is 0 Å². The number of hydrogen-bond acceptors (Lipinski definition) is 4.